The molecule has 0 spiro atoms. The highest BCUT2D eigenvalue weighted by Crippen LogP contribution is 2.17. The van der Waals surface area contributed by atoms with E-state index in [0.717, 1.165) is 11.3 Å². The second kappa shape index (κ2) is 8.37. The molecule has 2 N–H and O–H groups in total. The van der Waals surface area contributed by atoms with Gasteiger partial charge in [-0.1, -0.05) is 29.8 Å². The summed E-state index contributed by atoms with van der Waals surface area (Å²) in [5.41, 5.74) is 8.35. The van der Waals surface area contributed by atoms with Gasteiger partial charge in [-0.2, -0.15) is 0 Å². The van der Waals surface area contributed by atoms with Crippen molar-refractivity contribution in [3.8, 4) is 0 Å². The van der Waals surface area contributed by atoms with Gasteiger partial charge in [-0.3, -0.25) is 9.36 Å². The van der Waals surface area contributed by atoms with Crippen LogP contribution in [0.5, 0.6) is 0 Å². The molecule has 6 heteroatoms. The van der Waals surface area contributed by atoms with E-state index >= 15 is 0 Å². The number of halogens is 1. The highest BCUT2D eigenvalue weighted by molar-refractivity contribution is 6.31. The molecule has 27 heavy (non-hydrogen) atoms. The molecule has 0 amide bonds. The topological polar surface area (TPSA) is 64.2 Å². The summed E-state index contributed by atoms with van der Waals surface area (Å²) in [7, 11) is 4.01. The molecule has 0 saturated carbocycles. The maximum Gasteiger partial charge on any atom is 0.261 e. The highest BCUT2D eigenvalue weighted by atomic mass is 35.5. The molecule has 0 aliphatic heterocycles. The summed E-state index contributed by atoms with van der Waals surface area (Å²) in [6.45, 7) is 1.03. The molecule has 3 aromatic rings. The molecule has 0 unspecified atom stereocenters. The minimum Gasteiger partial charge on any atom is -0.378 e. The van der Waals surface area contributed by atoms with Crippen LogP contribution in [0, 0.1) is 0 Å². The van der Waals surface area contributed by atoms with Gasteiger partial charge in [0.2, 0.25) is 0 Å². The van der Waals surface area contributed by atoms with Gasteiger partial charge in [0.25, 0.3) is 5.56 Å². The van der Waals surface area contributed by atoms with E-state index in [2.05, 4.69) is 17.1 Å². The summed E-state index contributed by atoms with van der Waals surface area (Å²) < 4.78 is 1.66. The molecule has 0 atom stereocenters. The molecule has 1 heterocycles. The van der Waals surface area contributed by atoms with Crippen molar-refractivity contribution in [2.24, 2.45) is 5.73 Å². The van der Waals surface area contributed by atoms with Crippen molar-refractivity contribution in [2.75, 3.05) is 25.5 Å². The molecule has 0 aliphatic carbocycles. The Morgan fingerprint density at radius 2 is 1.89 bits per heavy atom. The number of nitrogens with zero attached hydrogens (tertiary/aromatic N) is 3. The molecule has 0 saturated heterocycles. The summed E-state index contributed by atoms with van der Waals surface area (Å²) in [4.78, 5) is 19.6. The lowest BCUT2D eigenvalue weighted by molar-refractivity contribution is 0.619. The van der Waals surface area contributed by atoms with E-state index in [1.807, 2.05) is 43.3 Å². The van der Waals surface area contributed by atoms with Crippen molar-refractivity contribution in [1.29, 1.82) is 0 Å². The fourth-order valence-electron chi connectivity index (χ4n) is 2.86. The zero-order valence-corrected chi connectivity index (χ0v) is 16.3. The van der Waals surface area contributed by atoms with E-state index in [9.17, 15) is 4.79 Å². The summed E-state index contributed by atoms with van der Waals surface area (Å²) >= 11 is 6.05. The summed E-state index contributed by atoms with van der Waals surface area (Å²) in [6, 6.07) is 13.4. The Labute approximate surface area is 163 Å². The van der Waals surface area contributed by atoms with Gasteiger partial charge < -0.3 is 10.6 Å². The molecule has 3 rings (SSSR count). The number of hydrogen-bond donors (Lipinski definition) is 1. The maximum absolute atomic E-state index is 12.9. The third-order valence-electron chi connectivity index (χ3n) is 4.37. The van der Waals surface area contributed by atoms with Crippen LogP contribution >= 0.6 is 11.6 Å². The quantitative estimate of drug-likeness (QED) is 0.707. The van der Waals surface area contributed by atoms with E-state index in [0.29, 0.717) is 41.3 Å². The van der Waals surface area contributed by atoms with Crippen LogP contribution in [0.15, 0.2) is 47.3 Å². The van der Waals surface area contributed by atoms with Gasteiger partial charge in [0.05, 0.1) is 10.9 Å². The molecular formula is C21H23ClN4O. The van der Waals surface area contributed by atoms with Gasteiger partial charge in [0.1, 0.15) is 5.82 Å². The van der Waals surface area contributed by atoms with E-state index in [1.54, 1.807) is 22.8 Å². The normalized spacial score (nSPS) is 11.4. The summed E-state index contributed by atoms with van der Waals surface area (Å²) in [5.74, 6) is 0.611. The maximum atomic E-state index is 12.9. The number of rotatable bonds is 6. The third kappa shape index (κ3) is 4.38. The van der Waals surface area contributed by atoms with Crippen molar-refractivity contribution in [3.63, 3.8) is 0 Å². The molecule has 0 aliphatic rings. The van der Waals surface area contributed by atoms with Crippen molar-refractivity contribution in [2.45, 2.75) is 13.0 Å². The Morgan fingerprint density at radius 1 is 1.15 bits per heavy atom. The first-order valence-corrected chi connectivity index (χ1v) is 9.23. The highest BCUT2D eigenvalue weighted by Gasteiger charge is 2.09. The first kappa shape index (κ1) is 19.1. The Hall–Kier alpha value is -2.63. The zero-order chi connectivity index (χ0) is 19.4. The van der Waals surface area contributed by atoms with Crippen LogP contribution < -0.4 is 16.2 Å². The standard InChI is InChI=1S/C21H23ClN4O/c1-25(2)17-8-4-15(5-9-17)6-11-20-24-19-10-7-16(22)14-18(19)21(27)26(20)13-3-12-23/h4-11,14H,3,12-13,23H2,1-2H3/b11-6+. The number of aromatic nitrogens is 2. The van der Waals surface area contributed by atoms with Gasteiger partial charge in [-0.25, -0.2) is 4.98 Å². The first-order chi connectivity index (χ1) is 13.0. The Morgan fingerprint density at radius 3 is 2.56 bits per heavy atom. The van der Waals surface area contributed by atoms with Crippen LogP contribution in [0.4, 0.5) is 5.69 Å². The third-order valence-corrected chi connectivity index (χ3v) is 4.60. The van der Waals surface area contributed by atoms with Gasteiger partial charge in [0.15, 0.2) is 0 Å². The molecular weight excluding hydrogens is 360 g/mol. The number of hydrogen-bond acceptors (Lipinski definition) is 4. The second-order valence-electron chi connectivity index (χ2n) is 6.55. The number of nitrogens with two attached hydrogens (primary N) is 1. The Bertz CT molecular complexity index is 1020. The fraction of sp³-hybridized carbons (Fsp3) is 0.238. The van der Waals surface area contributed by atoms with Crippen LogP contribution in [0.25, 0.3) is 23.1 Å². The molecule has 0 bridgehead atoms. The predicted octanol–water partition coefficient (Wildman–Crippen LogP) is 3.64. The molecule has 0 fully saturated rings. The number of anilines is 1. The number of benzene rings is 2. The molecule has 2 aromatic carbocycles. The smallest absolute Gasteiger partial charge is 0.261 e. The zero-order valence-electron chi connectivity index (χ0n) is 15.5. The van der Waals surface area contributed by atoms with E-state index in [-0.39, 0.29) is 5.56 Å². The minimum atomic E-state index is -0.0986. The monoisotopic (exact) mass is 382 g/mol. The Balaban J connectivity index is 2.03. The largest absolute Gasteiger partial charge is 0.378 e. The lowest BCUT2D eigenvalue weighted by Gasteiger charge is -2.12. The Kier molecular flexibility index (Phi) is 5.94. The average Bonchev–Trinajstić information content (AvgIpc) is 2.66. The summed E-state index contributed by atoms with van der Waals surface area (Å²) in [6.07, 6.45) is 4.53. The van der Waals surface area contributed by atoms with Crippen molar-refractivity contribution >= 4 is 40.3 Å². The van der Waals surface area contributed by atoms with Gasteiger partial charge >= 0.3 is 0 Å². The van der Waals surface area contributed by atoms with Gasteiger partial charge in [0, 0.05) is 31.4 Å². The molecule has 140 valence electrons. The lowest BCUT2D eigenvalue weighted by atomic mass is 10.2. The van der Waals surface area contributed by atoms with Crippen molar-refractivity contribution in [3.05, 3.63) is 69.2 Å². The van der Waals surface area contributed by atoms with E-state index < -0.39 is 0 Å². The van der Waals surface area contributed by atoms with Crippen LogP contribution in [0.1, 0.15) is 17.8 Å². The lowest BCUT2D eigenvalue weighted by Crippen LogP contribution is -2.25. The first-order valence-electron chi connectivity index (χ1n) is 8.85. The van der Waals surface area contributed by atoms with Crippen molar-refractivity contribution in [1.82, 2.24) is 9.55 Å². The number of fused-ring (bicyclic) bond motifs is 1. The van der Waals surface area contributed by atoms with Crippen LogP contribution in [-0.4, -0.2) is 30.2 Å². The van der Waals surface area contributed by atoms with Crippen LogP contribution in [0.3, 0.4) is 0 Å². The van der Waals surface area contributed by atoms with Crippen LogP contribution in [0.2, 0.25) is 5.02 Å². The molecule has 1 aromatic heterocycles. The van der Waals surface area contributed by atoms with E-state index in [4.69, 9.17) is 17.3 Å². The average molecular weight is 383 g/mol. The fourth-order valence-corrected chi connectivity index (χ4v) is 3.03. The van der Waals surface area contributed by atoms with Crippen LogP contribution in [-0.2, 0) is 6.54 Å². The van der Waals surface area contributed by atoms with Crippen molar-refractivity contribution < 1.29 is 0 Å². The minimum absolute atomic E-state index is 0.0986. The second-order valence-corrected chi connectivity index (χ2v) is 6.99. The summed E-state index contributed by atoms with van der Waals surface area (Å²) in [5, 5.41) is 1.04. The van der Waals surface area contributed by atoms with E-state index in [1.165, 1.54) is 0 Å². The molecule has 5 nitrogen and oxygen atoms in total. The van der Waals surface area contributed by atoms with Gasteiger partial charge in [-0.05, 0) is 54.9 Å². The SMILES string of the molecule is CN(C)c1ccc(/C=C/c2nc3ccc(Cl)cc3c(=O)n2CCCN)cc1. The molecule has 0 radical (unpaired) electrons. The van der Waals surface area contributed by atoms with Gasteiger partial charge in [-0.15, -0.1) is 0 Å². The predicted molar refractivity (Wildman–Crippen MR) is 114 cm³/mol.